The molecule has 23 heavy (non-hydrogen) atoms. The van der Waals surface area contributed by atoms with Crippen LogP contribution in [0.5, 0.6) is 0 Å². The molecule has 1 N–H and O–H groups in total. The number of nitrogens with one attached hydrogen (secondary N) is 1. The summed E-state index contributed by atoms with van der Waals surface area (Å²) in [5.41, 5.74) is 6.41. The van der Waals surface area contributed by atoms with Gasteiger partial charge >= 0.3 is 0 Å². The highest BCUT2D eigenvalue weighted by Gasteiger charge is 2.09. The predicted molar refractivity (Wildman–Crippen MR) is 97.1 cm³/mol. The standard InChI is InChI=1S/C19H22N4/c1-6-23-18-8-7-16(10-15(18)11-20-23)22-19-17(12(2)3)9-13(4)14(5)21-19/h7-11H,2,6H2,1,3-5H3,(H,21,22). The molecule has 0 aliphatic heterocycles. The van der Waals surface area contributed by atoms with Crippen molar-refractivity contribution in [2.75, 3.05) is 5.32 Å². The van der Waals surface area contributed by atoms with E-state index in [0.29, 0.717) is 0 Å². The molecule has 0 bridgehead atoms. The molecule has 0 unspecified atom stereocenters. The van der Waals surface area contributed by atoms with E-state index in [1.807, 2.05) is 24.7 Å². The summed E-state index contributed by atoms with van der Waals surface area (Å²) in [6.45, 7) is 13.1. The minimum absolute atomic E-state index is 0.850. The summed E-state index contributed by atoms with van der Waals surface area (Å²) < 4.78 is 1.99. The molecule has 4 nitrogen and oxygen atoms in total. The van der Waals surface area contributed by atoms with Gasteiger partial charge < -0.3 is 5.32 Å². The first-order valence-corrected chi connectivity index (χ1v) is 7.86. The van der Waals surface area contributed by atoms with Gasteiger partial charge in [0.15, 0.2) is 0 Å². The molecule has 4 heteroatoms. The Bertz CT molecular complexity index is 890. The van der Waals surface area contributed by atoms with Crippen LogP contribution in [-0.4, -0.2) is 14.8 Å². The molecule has 0 aliphatic rings. The molecule has 0 radical (unpaired) electrons. The van der Waals surface area contributed by atoms with Crippen LogP contribution in [-0.2, 0) is 6.54 Å². The maximum Gasteiger partial charge on any atom is 0.138 e. The Morgan fingerprint density at radius 2 is 2.04 bits per heavy atom. The zero-order valence-corrected chi connectivity index (χ0v) is 14.1. The first-order valence-electron chi connectivity index (χ1n) is 7.86. The average molecular weight is 306 g/mol. The van der Waals surface area contributed by atoms with E-state index in [-0.39, 0.29) is 0 Å². The monoisotopic (exact) mass is 306 g/mol. The summed E-state index contributed by atoms with van der Waals surface area (Å²) in [5.74, 6) is 0.850. The van der Waals surface area contributed by atoms with Crippen molar-refractivity contribution in [1.82, 2.24) is 14.8 Å². The number of benzene rings is 1. The van der Waals surface area contributed by atoms with E-state index < -0.39 is 0 Å². The number of hydrogen-bond donors (Lipinski definition) is 1. The Labute approximate surface area is 136 Å². The molecule has 2 aromatic heterocycles. The minimum Gasteiger partial charge on any atom is -0.340 e. The van der Waals surface area contributed by atoms with Gasteiger partial charge in [-0.3, -0.25) is 4.68 Å². The number of anilines is 2. The first-order chi connectivity index (χ1) is 11.0. The maximum atomic E-state index is 4.70. The lowest BCUT2D eigenvalue weighted by Gasteiger charge is -2.14. The Balaban J connectivity index is 2.01. The highest BCUT2D eigenvalue weighted by molar-refractivity contribution is 5.84. The van der Waals surface area contributed by atoms with Crippen LogP contribution in [0.2, 0.25) is 0 Å². The van der Waals surface area contributed by atoms with E-state index in [1.165, 1.54) is 5.56 Å². The fourth-order valence-corrected chi connectivity index (χ4v) is 2.68. The third-order valence-corrected chi connectivity index (χ3v) is 4.13. The SMILES string of the molecule is C=C(C)c1cc(C)c(C)nc1Nc1ccc2c(cnn2CC)c1. The van der Waals surface area contributed by atoms with Gasteiger partial charge in [0.05, 0.1) is 11.7 Å². The van der Waals surface area contributed by atoms with E-state index >= 15 is 0 Å². The number of allylic oxidation sites excluding steroid dienone is 1. The minimum atomic E-state index is 0.850. The predicted octanol–water partition coefficient (Wildman–Crippen LogP) is 4.84. The molecule has 2 heterocycles. The highest BCUT2D eigenvalue weighted by atomic mass is 15.3. The van der Waals surface area contributed by atoms with E-state index in [1.54, 1.807) is 0 Å². The van der Waals surface area contributed by atoms with Crippen molar-refractivity contribution in [2.24, 2.45) is 0 Å². The van der Waals surface area contributed by atoms with Crippen LogP contribution < -0.4 is 5.32 Å². The van der Waals surface area contributed by atoms with Gasteiger partial charge in [-0.05, 0) is 63.1 Å². The normalized spacial score (nSPS) is 11.0. The molecule has 0 atom stereocenters. The number of aryl methyl sites for hydroxylation is 3. The van der Waals surface area contributed by atoms with Gasteiger partial charge in [0.1, 0.15) is 5.82 Å². The average Bonchev–Trinajstić information content (AvgIpc) is 2.92. The van der Waals surface area contributed by atoms with Crippen molar-refractivity contribution in [2.45, 2.75) is 34.2 Å². The molecule has 0 amide bonds. The van der Waals surface area contributed by atoms with Crippen molar-refractivity contribution in [3.05, 3.63) is 53.9 Å². The van der Waals surface area contributed by atoms with Gasteiger partial charge in [0, 0.05) is 28.9 Å². The largest absolute Gasteiger partial charge is 0.340 e. The van der Waals surface area contributed by atoms with Gasteiger partial charge in [0.2, 0.25) is 0 Å². The van der Waals surface area contributed by atoms with Crippen LogP contribution in [0.4, 0.5) is 11.5 Å². The van der Waals surface area contributed by atoms with Crippen LogP contribution in [0.3, 0.4) is 0 Å². The molecule has 118 valence electrons. The molecule has 0 aliphatic carbocycles. The summed E-state index contributed by atoms with van der Waals surface area (Å²) in [6, 6.07) is 8.40. The molecule has 0 fully saturated rings. The number of fused-ring (bicyclic) bond motifs is 1. The van der Waals surface area contributed by atoms with Crippen molar-refractivity contribution in [3.8, 4) is 0 Å². The first kappa shape index (κ1) is 15.3. The maximum absolute atomic E-state index is 4.70. The van der Waals surface area contributed by atoms with E-state index in [4.69, 9.17) is 4.98 Å². The number of aromatic nitrogens is 3. The molecule has 0 saturated heterocycles. The van der Waals surface area contributed by atoms with Gasteiger partial charge in [0.25, 0.3) is 0 Å². The second-order valence-electron chi connectivity index (χ2n) is 5.93. The fourth-order valence-electron chi connectivity index (χ4n) is 2.68. The molecule has 0 spiro atoms. The van der Waals surface area contributed by atoms with E-state index in [9.17, 15) is 0 Å². The lowest BCUT2D eigenvalue weighted by atomic mass is 10.1. The zero-order valence-electron chi connectivity index (χ0n) is 14.1. The molecule has 3 aromatic rings. The van der Waals surface area contributed by atoms with Gasteiger partial charge in [-0.2, -0.15) is 5.10 Å². The Morgan fingerprint density at radius 3 is 2.74 bits per heavy atom. The number of rotatable bonds is 4. The van der Waals surface area contributed by atoms with Crippen LogP contribution in [0.1, 0.15) is 30.7 Å². The van der Waals surface area contributed by atoms with Gasteiger partial charge in [-0.15, -0.1) is 0 Å². The summed E-state index contributed by atoms with van der Waals surface area (Å²) in [5, 5.41) is 8.95. The lowest BCUT2D eigenvalue weighted by Crippen LogP contribution is -2.01. The van der Waals surface area contributed by atoms with Crippen LogP contribution in [0.15, 0.2) is 37.0 Å². The number of nitrogens with zero attached hydrogens (tertiary/aromatic N) is 3. The lowest BCUT2D eigenvalue weighted by molar-refractivity contribution is 0.684. The smallest absolute Gasteiger partial charge is 0.138 e. The molecule has 0 saturated carbocycles. The molecule has 3 rings (SSSR count). The third kappa shape index (κ3) is 2.84. The summed E-state index contributed by atoms with van der Waals surface area (Å²) in [7, 11) is 0. The van der Waals surface area contributed by atoms with Crippen molar-refractivity contribution < 1.29 is 0 Å². The molecular formula is C19H22N4. The molecule has 1 aromatic carbocycles. The second-order valence-corrected chi connectivity index (χ2v) is 5.93. The number of pyridine rings is 1. The van der Waals surface area contributed by atoms with E-state index in [0.717, 1.165) is 45.8 Å². The third-order valence-electron chi connectivity index (χ3n) is 4.13. The Hall–Kier alpha value is -2.62. The Morgan fingerprint density at radius 1 is 1.26 bits per heavy atom. The van der Waals surface area contributed by atoms with Gasteiger partial charge in [-0.25, -0.2) is 4.98 Å². The van der Waals surface area contributed by atoms with Crippen molar-refractivity contribution >= 4 is 28.0 Å². The van der Waals surface area contributed by atoms with Gasteiger partial charge in [-0.1, -0.05) is 6.58 Å². The second kappa shape index (κ2) is 5.88. The quantitative estimate of drug-likeness (QED) is 0.749. The summed E-state index contributed by atoms with van der Waals surface area (Å²) >= 11 is 0. The topological polar surface area (TPSA) is 42.7 Å². The zero-order chi connectivity index (χ0) is 16.6. The van der Waals surface area contributed by atoms with Crippen LogP contribution in [0.25, 0.3) is 16.5 Å². The van der Waals surface area contributed by atoms with Crippen LogP contribution in [0, 0.1) is 13.8 Å². The van der Waals surface area contributed by atoms with Crippen molar-refractivity contribution in [1.29, 1.82) is 0 Å². The highest BCUT2D eigenvalue weighted by Crippen LogP contribution is 2.28. The van der Waals surface area contributed by atoms with Crippen molar-refractivity contribution in [3.63, 3.8) is 0 Å². The molecular weight excluding hydrogens is 284 g/mol. The van der Waals surface area contributed by atoms with E-state index in [2.05, 4.69) is 55.1 Å². The number of hydrogen-bond acceptors (Lipinski definition) is 3. The summed E-state index contributed by atoms with van der Waals surface area (Å²) in [6.07, 6.45) is 1.90. The Kier molecular flexibility index (Phi) is 3.90. The van der Waals surface area contributed by atoms with Crippen LogP contribution >= 0.6 is 0 Å². The summed E-state index contributed by atoms with van der Waals surface area (Å²) in [4.78, 5) is 4.70. The fraction of sp³-hybridized carbons (Fsp3) is 0.263.